The Morgan fingerprint density at radius 2 is 2.00 bits per heavy atom. The summed E-state index contributed by atoms with van der Waals surface area (Å²) in [5, 5.41) is 13.1. The van der Waals surface area contributed by atoms with Gasteiger partial charge in [0.2, 0.25) is 0 Å². The molecule has 0 radical (unpaired) electrons. The summed E-state index contributed by atoms with van der Waals surface area (Å²) in [4.78, 5) is 2.44. The first-order chi connectivity index (χ1) is 11.0. The van der Waals surface area contributed by atoms with E-state index in [0.29, 0.717) is 6.04 Å². The van der Waals surface area contributed by atoms with Gasteiger partial charge in [-0.1, -0.05) is 13.8 Å². The van der Waals surface area contributed by atoms with Crippen molar-refractivity contribution in [2.75, 3.05) is 45.8 Å². The third kappa shape index (κ3) is 5.01. The monoisotopic (exact) mass is 322 g/mol. The van der Waals surface area contributed by atoms with E-state index < -0.39 is 0 Å². The van der Waals surface area contributed by atoms with Gasteiger partial charge >= 0.3 is 0 Å². The van der Waals surface area contributed by atoms with Crippen LogP contribution in [-0.2, 0) is 0 Å². The molecule has 1 aliphatic heterocycles. The molecule has 23 heavy (non-hydrogen) atoms. The van der Waals surface area contributed by atoms with E-state index >= 15 is 0 Å². The summed E-state index contributed by atoms with van der Waals surface area (Å²) < 4.78 is 10.6. The van der Waals surface area contributed by atoms with Crippen LogP contribution in [0.2, 0.25) is 0 Å². The van der Waals surface area contributed by atoms with Crippen LogP contribution in [0.15, 0.2) is 18.2 Å². The van der Waals surface area contributed by atoms with E-state index in [2.05, 4.69) is 24.1 Å². The Bertz CT molecular complexity index is 505. The van der Waals surface area contributed by atoms with Crippen LogP contribution < -0.4 is 14.8 Å². The van der Waals surface area contributed by atoms with Gasteiger partial charge in [-0.15, -0.1) is 0 Å². The molecule has 0 aliphatic carbocycles. The molecule has 1 atom stereocenters. The van der Waals surface area contributed by atoms with Gasteiger partial charge in [0.05, 0.1) is 14.2 Å². The van der Waals surface area contributed by atoms with Crippen molar-refractivity contribution in [3.8, 4) is 11.5 Å². The van der Waals surface area contributed by atoms with Crippen LogP contribution in [0.1, 0.15) is 26.7 Å². The Morgan fingerprint density at radius 1 is 1.26 bits per heavy atom. The number of ether oxygens (including phenoxy) is 2. The average molecular weight is 322 g/mol. The molecule has 2 rings (SSSR count). The lowest BCUT2D eigenvalue weighted by atomic mass is 9.92. The maximum absolute atomic E-state index is 9.46. The topological polar surface area (TPSA) is 54.0 Å². The number of hydrogen-bond acceptors (Lipinski definition) is 5. The molecule has 1 aliphatic rings. The highest BCUT2D eigenvalue weighted by atomic mass is 16.5. The maximum Gasteiger partial charge on any atom is 0.162 e. The number of aliphatic hydroxyl groups is 1. The van der Waals surface area contributed by atoms with Crippen LogP contribution >= 0.6 is 0 Å². The SMILES string of the molecule is COc1ccc(NC2CCCN(CC(C)(C)CO)C2)cc1OC. The molecule has 1 aromatic rings. The lowest BCUT2D eigenvalue weighted by Gasteiger charge is -2.37. The molecule has 0 aromatic heterocycles. The summed E-state index contributed by atoms with van der Waals surface area (Å²) in [6.07, 6.45) is 2.33. The van der Waals surface area contributed by atoms with Gasteiger partial charge in [0, 0.05) is 42.9 Å². The van der Waals surface area contributed by atoms with Crippen molar-refractivity contribution in [3.63, 3.8) is 0 Å². The Hall–Kier alpha value is -1.46. The first-order valence-electron chi connectivity index (χ1n) is 8.29. The fourth-order valence-corrected chi connectivity index (χ4v) is 3.13. The number of benzene rings is 1. The highest BCUT2D eigenvalue weighted by Crippen LogP contribution is 2.30. The Balaban J connectivity index is 1.97. The lowest BCUT2D eigenvalue weighted by Crippen LogP contribution is -2.46. The molecule has 130 valence electrons. The molecule has 1 heterocycles. The summed E-state index contributed by atoms with van der Waals surface area (Å²) in [5.41, 5.74) is 1.00. The molecular formula is C18H30N2O3. The fourth-order valence-electron chi connectivity index (χ4n) is 3.13. The van der Waals surface area contributed by atoms with Crippen molar-refractivity contribution < 1.29 is 14.6 Å². The van der Waals surface area contributed by atoms with Gasteiger partial charge in [-0.3, -0.25) is 0 Å². The normalized spacial score (nSPS) is 19.4. The molecule has 5 nitrogen and oxygen atoms in total. The maximum atomic E-state index is 9.46. The highest BCUT2D eigenvalue weighted by molar-refractivity contribution is 5.55. The number of aliphatic hydroxyl groups excluding tert-OH is 1. The van der Waals surface area contributed by atoms with Crippen molar-refractivity contribution in [2.24, 2.45) is 5.41 Å². The van der Waals surface area contributed by atoms with E-state index in [1.54, 1.807) is 14.2 Å². The first kappa shape index (κ1) is 17.9. The number of hydrogen-bond donors (Lipinski definition) is 2. The summed E-state index contributed by atoms with van der Waals surface area (Å²) in [6, 6.07) is 6.35. The number of methoxy groups -OCH3 is 2. The third-order valence-corrected chi connectivity index (χ3v) is 4.34. The van der Waals surface area contributed by atoms with Crippen molar-refractivity contribution in [1.82, 2.24) is 4.90 Å². The third-order valence-electron chi connectivity index (χ3n) is 4.34. The molecule has 1 fully saturated rings. The number of nitrogens with zero attached hydrogens (tertiary/aromatic N) is 1. The van der Waals surface area contributed by atoms with Crippen LogP contribution in [0.25, 0.3) is 0 Å². The Kier molecular flexibility index (Phi) is 6.13. The number of rotatable bonds is 7. The number of likely N-dealkylation sites (tertiary alicyclic amines) is 1. The zero-order valence-electron chi connectivity index (χ0n) is 14.8. The van der Waals surface area contributed by atoms with Gasteiger partial charge in [-0.2, -0.15) is 0 Å². The van der Waals surface area contributed by atoms with Gasteiger partial charge in [0.25, 0.3) is 0 Å². The predicted octanol–water partition coefficient (Wildman–Crippen LogP) is 2.60. The van der Waals surface area contributed by atoms with E-state index in [1.807, 2.05) is 18.2 Å². The van der Waals surface area contributed by atoms with E-state index in [0.717, 1.165) is 43.2 Å². The molecule has 0 saturated carbocycles. The van der Waals surface area contributed by atoms with Gasteiger partial charge < -0.3 is 24.8 Å². The standard InChI is InChI=1S/C18H30N2O3/c1-18(2,13-21)12-20-9-5-6-15(11-20)19-14-7-8-16(22-3)17(10-14)23-4/h7-8,10,15,19,21H,5-6,9,11-13H2,1-4H3. The molecule has 1 aromatic carbocycles. The second-order valence-electron chi connectivity index (χ2n) is 7.11. The lowest BCUT2D eigenvalue weighted by molar-refractivity contribution is 0.0894. The summed E-state index contributed by atoms with van der Waals surface area (Å²) in [7, 11) is 3.30. The molecule has 1 saturated heterocycles. The molecule has 5 heteroatoms. The minimum absolute atomic E-state index is 0.0504. The Morgan fingerprint density at radius 3 is 2.65 bits per heavy atom. The molecule has 2 N–H and O–H groups in total. The van der Waals surface area contributed by atoms with Gasteiger partial charge in [-0.25, -0.2) is 0 Å². The van der Waals surface area contributed by atoms with E-state index in [1.165, 1.54) is 6.42 Å². The van der Waals surface area contributed by atoms with Crippen LogP contribution in [0.5, 0.6) is 11.5 Å². The van der Waals surface area contributed by atoms with Crippen molar-refractivity contribution >= 4 is 5.69 Å². The van der Waals surface area contributed by atoms with E-state index in [-0.39, 0.29) is 12.0 Å². The van der Waals surface area contributed by atoms with Gasteiger partial charge in [0.1, 0.15) is 0 Å². The van der Waals surface area contributed by atoms with Crippen molar-refractivity contribution in [1.29, 1.82) is 0 Å². The fraction of sp³-hybridized carbons (Fsp3) is 0.667. The number of piperidine rings is 1. The zero-order chi connectivity index (χ0) is 16.9. The molecule has 0 amide bonds. The van der Waals surface area contributed by atoms with E-state index in [9.17, 15) is 5.11 Å². The second-order valence-corrected chi connectivity index (χ2v) is 7.11. The summed E-state index contributed by atoms with van der Waals surface area (Å²) >= 11 is 0. The molecular weight excluding hydrogens is 292 g/mol. The predicted molar refractivity (Wildman–Crippen MR) is 93.5 cm³/mol. The average Bonchev–Trinajstić information content (AvgIpc) is 2.54. The van der Waals surface area contributed by atoms with Gasteiger partial charge in [0.15, 0.2) is 11.5 Å². The largest absolute Gasteiger partial charge is 0.493 e. The molecule has 0 spiro atoms. The van der Waals surface area contributed by atoms with Crippen LogP contribution in [-0.4, -0.2) is 56.5 Å². The Labute approximate surface area is 139 Å². The first-order valence-corrected chi connectivity index (χ1v) is 8.29. The quantitative estimate of drug-likeness (QED) is 0.808. The van der Waals surface area contributed by atoms with E-state index in [4.69, 9.17) is 9.47 Å². The molecule has 0 bridgehead atoms. The number of nitrogens with one attached hydrogen (secondary N) is 1. The highest BCUT2D eigenvalue weighted by Gasteiger charge is 2.26. The van der Waals surface area contributed by atoms with Crippen LogP contribution in [0, 0.1) is 5.41 Å². The minimum Gasteiger partial charge on any atom is -0.493 e. The molecule has 1 unspecified atom stereocenters. The van der Waals surface area contributed by atoms with Crippen molar-refractivity contribution in [2.45, 2.75) is 32.7 Å². The smallest absolute Gasteiger partial charge is 0.162 e. The zero-order valence-corrected chi connectivity index (χ0v) is 14.8. The van der Waals surface area contributed by atoms with Crippen LogP contribution in [0.3, 0.4) is 0 Å². The minimum atomic E-state index is -0.0504. The van der Waals surface area contributed by atoms with Crippen molar-refractivity contribution in [3.05, 3.63) is 18.2 Å². The number of anilines is 1. The second kappa shape index (κ2) is 7.88. The summed E-state index contributed by atoms with van der Waals surface area (Å²) in [5.74, 6) is 1.49. The van der Waals surface area contributed by atoms with Crippen LogP contribution in [0.4, 0.5) is 5.69 Å². The summed E-state index contributed by atoms with van der Waals surface area (Å²) in [6.45, 7) is 7.47. The van der Waals surface area contributed by atoms with Gasteiger partial charge in [-0.05, 0) is 31.5 Å².